The van der Waals surface area contributed by atoms with Gasteiger partial charge in [-0.1, -0.05) is 6.92 Å². The first-order valence-corrected chi connectivity index (χ1v) is 6.93. The van der Waals surface area contributed by atoms with Gasteiger partial charge in [0.1, 0.15) is 5.82 Å². The minimum absolute atomic E-state index is 0.00598. The minimum atomic E-state index is -4.49. The SMILES string of the molecule is CCN(CC(=O)O)C1CC(Nc2ccc(C(F)(F)F)nn2)C1. The molecule has 2 N–H and O–H groups in total. The van der Waals surface area contributed by atoms with Gasteiger partial charge in [-0.15, -0.1) is 10.2 Å². The summed E-state index contributed by atoms with van der Waals surface area (Å²) in [6, 6.07) is 2.37. The summed E-state index contributed by atoms with van der Waals surface area (Å²) in [4.78, 5) is 12.6. The van der Waals surface area contributed by atoms with E-state index in [2.05, 4.69) is 15.5 Å². The second-order valence-corrected chi connectivity index (χ2v) is 5.22. The van der Waals surface area contributed by atoms with Gasteiger partial charge in [0, 0.05) is 12.1 Å². The number of hydrogen-bond acceptors (Lipinski definition) is 5. The highest BCUT2D eigenvalue weighted by Crippen LogP contribution is 2.29. The molecule has 2 rings (SSSR count). The summed E-state index contributed by atoms with van der Waals surface area (Å²) in [6.45, 7) is 2.53. The van der Waals surface area contributed by atoms with Crippen LogP contribution >= 0.6 is 0 Å². The molecule has 0 aliphatic heterocycles. The standard InChI is InChI=1S/C13H17F3N4O2/c1-2-20(7-12(21)22)9-5-8(6-9)17-11-4-3-10(18-19-11)13(14,15)16/h3-4,8-9H,2,5-7H2,1H3,(H,17,19)(H,21,22). The molecule has 0 bridgehead atoms. The number of rotatable bonds is 6. The van der Waals surface area contributed by atoms with E-state index in [9.17, 15) is 18.0 Å². The predicted octanol–water partition coefficient (Wildman–Crippen LogP) is 1.84. The van der Waals surface area contributed by atoms with E-state index in [4.69, 9.17) is 5.11 Å². The maximum Gasteiger partial charge on any atom is 0.435 e. The molecule has 0 atom stereocenters. The van der Waals surface area contributed by atoms with E-state index >= 15 is 0 Å². The maximum absolute atomic E-state index is 12.4. The Morgan fingerprint density at radius 1 is 1.41 bits per heavy atom. The van der Waals surface area contributed by atoms with E-state index in [1.54, 1.807) is 0 Å². The normalized spacial score (nSPS) is 21.5. The molecule has 6 nitrogen and oxygen atoms in total. The van der Waals surface area contributed by atoms with Crippen LogP contribution in [0.5, 0.6) is 0 Å². The number of hydrogen-bond donors (Lipinski definition) is 2. The number of carboxylic acid groups (broad SMARTS) is 1. The van der Waals surface area contributed by atoms with E-state index in [-0.39, 0.29) is 24.4 Å². The first-order chi connectivity index (χ1) is 10.3. The molecule has 1 aromatic heterocycles. The van der Waals surface area contributed by atoms with Gasteiger partial charge in [0.25, 0.3) is 0 Å². The number of nitrogens with zero attached hydrogens (tertiary/aromatic N) is 3. The van der Waals surface area contributed by atoms with Crippen molar-refractivity contribution in [3.05, 3.63) is 17.8 Å². The predicted molar refractivity (Wildman–Crippen MR) is 72.3 cm³/mol. The number of aromatic nitrogens is 2. The molecule has 0 spiro atoms. The smallest absolute Gasteiger partial charge is 0.435 e. The fourth-order valence-corrected chi connectivity index (χ4v) is 2.45. The summed E-state index contributed by atoms with van der Waals surface area (Å²) in [5.74, 6) is -0.579. The van der Waals surface area contributed by atoms with Gasteiger partial charge in [-0.05, 0) is 31.5 Å². The van der Waals surface area contributed by atoms with Crippen molar-refractivity contribution in [3.63, 3.8) is 0 Å². The lowest BCUT2D eigenvalue weighted by Crippen LogP contribution is -2.51. The molecule has 0 unspecified atom stereocenters. The second kappa shape index (κ2) is 6.47. The van der Waals surface area contributed by atoms with Crippen LogP contribution in [-0.4, -0.2) is 51.3 Å². The van der Waals surface area contributed by atoms with Crippen molar-refractivity contribution >= 4 is 11.8 Å². The quantitative estimate of drug-likeness (QED) is 0.833. The maximum atomic E-state index is 12.4. The van der Waals surface area contributed by atoms with Gasteiger partial charge in [-0.2, -0.15) is 13.2 Å². The Labute approximate surface area is 125 Å². The lowest BCUT2D eigenvalue weighted by atomic mass is 9.85. The van der Waals surface area contributed by atoms with Crippen molar-refractivity contribution < 1.29 is 23.1 Å². The van der Waals surface area contributed by atoms with Gasteiger partial charge >= 0.3 is 12.1 Å². The Hall–Kier alpha value is -1.90. The molecule has 1 aliphatic rings. The van der Waals surface area contributed by atoms with Gasteiger partial charge in [0.2, 0.25) is 0 Å². The van der Waals surface area contributed by atoms with E-state index in [1.807, 2.05) is 11.8 Å². The zero-order valence-corrected chi connectivity index (χ0v) is 12.0. The summed E-state index contributed by atoms with van der Waals surface area (Å²) >= 11 is 0. The van der Waals surface area contributed by atoms with E-state index in [1.165, 1.54) is 6.07 Å². The first kappa shape index (κ1) is 16.5. The van der Waals surface area contributed by atoms with Gasteiger partial charge in [-0.3, -0.25) is 9.69 Å². The lowest BCUT2D eigenvalue weighted by molar-refractivity contribution is -0.142. The molecule has 1 fully saturated rings. The Morgan fingerprint density at radius 2 is 2.09 bits per heavy atom. The average Bonchev–Trinajstić information content (AvgIpc) is 2.39. The molecule has 9 heteroatoms. The van der Waals surface area contributed by atoms with Crippen molar-refractivity contribution in [3.8, 4) is 0 Å². The van der Waals surface area contributed by atoms with Crippen LogP contribution in [-0.2, 0) is 11.0 Å². The van der Waals surface area contributed by atoms with Crippen LogP contribution in [0.25, 0.3) is 0 Å². The lowest BCUT2D eigenvalue weighted by Gasteiger charge is -2.42. The van der Waals surface area contributed by atoms with Crippen LogP contribution in [0.2, 0.25) is 0 Å². The number of carboxylic acids is 1. The number of aliphatic carboxylic acids is 1. The van der Waals surface area contributed by atoms with Crippen LogP contribution in [0.15, 0.2) is 12.1 Å². The van der Waals surface area contributed by atoms with Gasteiger partial charge in [-0.25, -0.2) is 0 Å². The number of anilines is 1. The van der Waals surface area contributed by atoms with Crippen molar-refractivity contribution in [1.29, 1.82) is 0 Å². The highest BCUT2D eigenvalue weighted by molar-refractivity contribution is 5.69. The number of nitrogens with one attached hydrogen (secondary N) is 1. The highest BCUT2D eigenvalue weighted by Gasteiger charge is 2.35. The van der Waals surface area contributed by atoms with E-state index < -0.39 is 17.8 Å². The molecule has 1 aliphatic carbocycles. The second-order valence-electron chi connectivity index (χ2n) is 5.22. The summed E-state index contributed by atoms with van der Waals surface area (Å²) in [6.07, 6.45) is -3.04. The Morgan fingerprint density at radius 3 is 2.55 bits per heavy atom. The molecule has 0 aromatic carbocycles. The zero-order valence-electron chi connectivity index (χ0n) is 12.0. The van der Waals surface area contributed by atoms with Crippen LogP contribution in [0, 0.1) is 0 Å². The fourth-order valence-electron chi connectivity index (χ4n) is 2.45. The van der Waals surface area contributed by atoms with Crippen LogP contribution < -0.4 is 5.32 Å². The molecular formula is C13H17F3N4O2. The average molecular weight is 318 g/mol. The van der Waals surface area contributed by atoms with E-state index in [0.29, 0.717) is 6.54 Å². The molecule has 0 amide bonds. The van der Waals surface area contributed by atoms with Crippen LogP contribution in [0.1, 0.15) is 25.5 Å². The molecular weight excluding hydrogens is 301 g/mol. The van der Waals surface area contributed by atoms with Crippen LogP contribution in [0.4, 0.5) is 19.0 Å². The van der Waals surface area contributed by atoms with E-state index in [0.717, 1.165) is 18.9 Å². The number of likely N-dealkylation sites (N-methyl/N-ethyl adjacent to an activating group) is 1. The largest absolute Gasteiger partial charge is 0.480 e. The Balaban J connectivity index is 1.83. The summed E-state index contributed by atoms with van der Waals surface area (Å²) in [5, 5.41) is 18.5. The highest BCUT2D eigenvalue weighted by atomic mass is 19.4. The monoisotopic (exact) mass is 318 g/mol. The Kier molecular flexibility index (Phi) is 4.84. The molecule has 0 saturated heterocycles. The number of halogens is 3. The molecule has 0 radical (unpaired) electrons. The topological polar surface area (TPSA) is 78.4 Å². The molecule has 1 saturated carbocycles. The minimum Gasteiger partial charge on any atom is -0.480 e. The number of carbonyl (C=O) groups is 1. The summed E-state index contributed by atoms with van der Waals surface area (Å²) in [7, 11) is 0. The van der Waals surface area contributed by atoms with Crippen molar-refractivity contribution in [1.82, 2.24) is 15.1 Å². The van der Waals surface area contributed by atoms with Crippen molar-refractivity contribution in [2.24, 2.45) is 0 Å². The number of alkyl halides is 3. The van der Waals surface area contributed by atoms with Gasteiger partial charge in [0.15, 0.2) is 5.69 Å². The Bertz CT molecular complexity index is 515. The third kappa shape index (κ3) is 4.06. The van der Waals surface area contributed by atoms with Crippen LogP contribution in [0.3, 0.4) is 0 Å². The zero-order chi connectivity index (χ0) is 16.3. The molecule has 1 heterocycles. The molecule has 22 heavy (non-hydrogen) atoms. The third-order valence-corrected chi connectivity index (χ3v) is 3.68. The molecule has 1 aromatic rings. The summed E-state index contributed by atoms with van der Waals surface area (Å²) in [5.41, 5.74) is -1.02. The molecule has 122 valence electrons. The summed E-state index contributed by atoms with van der Waals surface area (Å²) < 4.78 is 37.1. The van der Waals surface area contributed by atoms with Crippen molar-refractivity contribution in [2.45, 2.75) is 38.0 Å². The van der Waals surface area contributed by atoms with Crippen molar-refractivity contribution in [2.75, 3.05) is 18.4 Å². The van der Waals surface area contributed by atoms with Gasteiger partial charge in [0.05, 0.1) is 6.54 Å². The fraction of sp³-hybridized carbons (Fsp3) is 0.615. The third-order valence-electron chi connectivity index (χ3n) is 3.68. The first-order valence-electron chi connectivity index (χ1n) is 6.93. The van der Waals surface area contributed by atoms with Gasteiger partial charge < -0.3 is 10.4 Å².